The molecule has 3 aromatic rings. The Balaban J connectivity index is 1.51. The highest BCUT2D eigenvalue weighted by Crippen LogP contribution is 2.33. The van der Waals surface area contributed by atoms with E-state index in [1.807, 2.05) is 12.1 Å². The lowest BCUT2D eigenvalue weighted by molar-refractivity contribution is 0.102. The Labute approximate surface area is 157 Å². The van der Waals surface area contributed by atoms with Crippen LogP contribution in [0.1, 0.15) is 22.3 Å². The molecule has 4 nitrogen and oxygen atoms in total. The van der Waals surface area contributed by atoms with Crippen LogP contribution in [0, 0.1) is 0 Å². The average molecular weight is 364 g/mol. The van der Waals surface area contributed by atoms with E-state index >= 15 is 0 Å². The number of amides is 1. The first-order chi connectivity index (χ1) is 12.7. The van der Waals surface area contributed by atoms with E-state index in [1.165, 1.54) is 11.3 Å². The van der Waals surface area contributed by atoms with Crippen molar-refractivity contribution in [2.24, 2.45) is 0 Å². The molecule has 0 unspecified atom stereocenters. The zero-order valence-corrected chi connectivity index (χ0v) is 14.9. The molecule has 0 radical (unpaired) electrons. The molecule has 2 heterocycles. The van der Waals surface area contributed by atoms with Gasteiger partial charge in [-0.3, -0.25) is 4.79 Å². The highest BCUT2D eigenvalue weighted by molar-refractivity contribution is 6.30. The summed E-state index contributed by atoms with van der Waals surface area (Å²) in [5, 5.41) is 3.42. The van der Waals surface area contributed by atoms with Crippen molar-refractivity contribution < 1.29 is 4.79 Å². The molecule has 0 fully saturated rings. The molecule has 1 amide bonds. The van der Waals surface area contributed by atoms with Crippen molar-refractivity contribution in [3.8, 4) is 0 Å². The van der Waals surface area contributed by atoms with E-state index < -0.39 is 0 Å². The topological polar surface area (TPSA) is 45.2 Å². The number of pyridine rings is 1. The van der Waals surface area contributed by atoms with Gasteiger partial charge < -0.3 is 10.2 Å². The number of hydrogen-bond acceptors (Lipinski definition) is 3. The van der Waals surface area contributed by atoms with Crippen molar-refractivity contribution in [2.45, 2.75) is 12.8 Å². The maximum absolute atomic E-state index is 12.3. The molecule has 1 aliphatic heterocycles. The van der Waals surface area contributed by atoms with E-state index in [0.717, 1.165) is 25.1 Å². The number of carbonyl (C=O) groups is 1. The highest BCUT2D eigenvalue weighted by Gasteiger charge is 2.18. The summed E-state index contributed by atoms with van der Waals surface area (Å²) >= 11 is 5.86. The average Bonchev–Trinajstić information content (AvgIpc) is 2.69. The number of halogens is 1. The van der Waals surface area contributed by atoms with Gasteiger partial charge in [0.25, 0.3) is 5.91 Å². The molecule has 5 heteroatoms. The Bertz CT molecular complexity index is 923. The molecule has 0 atom stereocenters. The lowest BCUT2D eigenvalue weighted by Gasteiger charge is -2.31. The molecule has 1 aromatic heterocycles. The summed E-state index contributed by atoms with van der Waals surface area (Å²) in [7, 11) is 0. The lowest BCUT2D eigenvalue weighted by atomic mass is 10.0. The number of aromatic nitrogens is 1. The molecule has 0 aliphatic carbocycles. The number of carbonyl (C=O) groups excluding carboxylic acids is 1. The van der Waals surface area contributed by atoms with Gasteiger partial charge in [0.05, 0.1) is 11.9 Å². The van der Waals surface area contributed by atoms with E-state index in [4.69, 9.17) is 11.6 Å². The standard InChI is InChI=1S/C21H18ClN3O/c22-17-9-7-16(8-10-17)21(26)24-20-12-11-18(14-23-20)25-13-3-5-15-4-1-2-6-19(15)25/h1-2,4,6-12,14H,3,5,13H2,(H,23,24,26). The first kappa shape index (κ1) is 16.6. The smallest absolute Gasteiger partial charge is 0.256 e. The molecule has 1 N–H and O–H groups in total. The molecule has 0 spiro atoms. The number of nitrogens with zero attached hydrogens (tertiary/aromatic N) is 2. The van der Waals surface area contributed by atoms with Crippen LogP contribution in [-0.2, 0) is 6.42 Å². The van der Waals surface area contributed by atoms with Gasteiger partial charge in [0.1, 0.15) is 5.82 Å². The van der Waals surface area contributed by atoms with E-state index in [0.29, 0.717) is 16.4 Å². The molecule has 1 aliphatic rings. The second kappa shape index (κ2) is 7.18. The SMILES string of the molecule is O=C(Nc1ccc(N2CCCc3ccccc32)cn1)c1ccc(Cl)cc1. The molecule has 2 aromatic carbocycles. The zero-order valence-electron chi connectivity index (χ0n) is 14.2. The van der Waals surface area contributed by atoms with Gasteiger partial charge in [0, 0.05) is 22.8 Å². The van der Waals surface area contributed by atoms with Crippen LogP contribution in [-0.4, -0.2) is 17.4 Å². The number of nitrogens with one attached hydrogen (secondary N) is 1. The third-order valence-corrected chi connectivity index (χ3v) is 4.77. The Morgan fingerprint density at radius 2 is 1.85 bits per heavy atom. The number of benzene rings is 2. The third-order valence-electron chi connectivity index (χ3n) is 4.52. The number of hydrogen-bond donors (Lipinski definition) is 1. The van der Waals surface area contributed by atoms with Crippen molar-refractivity contribution in [2.75, 3.05) is 16.8 Å². The van der Waals surface area contributed by atoms with Crippen molar-refractivity contribution >= 4 is 34.7 Å². The van der Waals surface area contributed by atoms with Gasteiger partial charge in [-0.05, 0) is 60.9 Å². The summed E-state index contributed by atoms with van der Waals surface area (Å²) in [6, 6.07) is 19.1. The molecule has 0 bridgehead atoms. The summed E-state index contributed by atoms with van der Waals surface area (Å²) < 4.78 is 0. The largest absolute Gasteiger partial charge is 0.340 e. The van der Waals surface area contributed by atoms with Crippen molar-refractivity contribution in [3.05, 3.63) is 83.0 Å². The fraction of sp³-hybridized carbons (Fsp3) is 0.143. The predicted octanol–water partition coefficient (Wildman–Crippen LogP) is 5.07. The Hall–Kier alpha value is -2.85. The van der Waals surface area contributed by atoms with Gasteiger partial charge in [0.2, 0.25) is 0 Å². The van der Waals surface area contributed by atoms with Crippen LogP contribution < -0.4 is 10.2 Å². The van der Waals surface area contributed by atoms with Crippen molar-refractivity contribution in [3.63, 3.8) is 0 Å². The fourth-order valence-corrected chi connectivity index (χ4v) is 3.34. The maximum Gasteiger partial charge on any atom is 0.256 e. The number of anilines is 3. The number of para-hydroxylation sites is 1. The van der Waals surface area contributed by atoms with Gasteiger partial charge in [-0.2, -0.15) is 0 Å². The minimum Gasteiger partial charge on any atom is -0.340 e. The van der Waals surface area contributed by atoms with Crippen LogP contribution >= 0.6 is 11.6 Å². The van der Waals surface area contributed by atoms with E-state index in [2.05, 4.69) is 39.5 Å². The van der Waals surface area contributed by atoms with Crippen molar-refractivity contribution in [1.29, 1.82) is 0 Å². The minimum absolute atomic E-state index is 0.203. The van der Waals surface area contributed by atoms with E-state index in [9.17, 15) is 4.79 Å². The molecular formula is C21H18ClN3O. The number of fused-ring (bicyclic) bond motifs is 1. The Kier molecular flexibility index (Phi) is 4.59. The number of aryl methyl sites for hydroxylation is 1. The monoisotopic (exact) mass is 363 g/mol. The first-order valence-corrected chi connectivity index (χ1v) is 8.97. The van der Waals surface area contributed by atoms with Gasteiger partial charge in [-0.25, -0.2) is 4.98 Å². The summed E-state index contributed by atoms with van der Waals surface area (Å²) in [4.78, 5) is 19.0. The van der Waals surface area contributed by atoms with Crippen LogP contribution in [0.25, 0.3) is 0 Å². The minimum atomic E-state index is -0.203. The summed E-state index contributed by atoms with van der Waals surface area (Å²) in [6.45, 7) is 0.967. The van der Waals surface area contributed by atoms with Crippen LogP contribution in [0.4, 0.5) is 17.2 Å². The van der Waals surface area contributed by atoms with Gasteiger partial charge in [0.15, 0.2) is 0 Å². The Morgan fingerprint density at radius 1 is 1.04 bits per heavy atom. The lowest BCUT2D eigenvalue weighted by Crippen LogP contribution is -2.24. The van der Waals surface area contributed by atoms with Crippen molar-refractivity contribution in [1.82, 2.24) is 4.98 Å². The second-order valence-corrected chi connectivity index (χ2v) is 6.68. The van der Waals surface area contributed by atoms with Crippen LogP contribution in [0.5, 0.6) is 0 Å². The summed E-state index contributed by atoms with van der Waals surface area (Å²) in [5.41, 5.74) is 4.17. The van der Waals surface area contributed by atoms with Gasteiger partial charge in [-0.1, -0.05) is 29.8 Å². The molecule has 0 saturated heterocycles. The van der Waals surface area contributed by atoms with Crippen LogP contribution in [0.3, 0.4) is 0 Å². The van der Waals surface area contributed by atoms with E-state index in [1.54, 1.807) is 30.5 Å². The molecular weight excluding hydrogens is 346 g/mol. The maximum atomic E-state index is 12.3. The van der Waals surface area contributed by atoms with Gasteiger partial charge >= 0.3 is 0 Å². The van der Waals surface area contributed by atoms with Gasteiger partial charge in [-0.15, -0.1) is 0 Å². The summed E-state index contributed by atoms with van der Waals surface area (Å²) in [6.07, 6.45) is 4.03. The molecule has 0 saturated carbocycles. The number of rotatable bonds is 3. The quantitative estimate of drug-likeness (QED) is 0.706. The molecule has 26 heavy (non-hydrogen) atoms. The predicted molar refractivity (Wildman–Crippen MR) is 105 cm³/mol. The normalized spacial score (nSPS) is 13.2. The molecule has 130 valence electrons. The van der Waals surface area contributed by atoms with Crippen LogP contribution in [0.2, 0.25) is 5.02 Å². The van der Waals surface area contributed by atoms with Crippen LogP contribution in [0.15, 0.2) is 66.9 Å². The third kappa shape index (κ3) is 3.41. The zero-order chi connectivity index (χ0) is 17.9. The fourth-order valence-electron chi connectivity index (χ4n) is 3.21. The summed E-state index contributed by atoms with van der Waals surface area (Å²) in [5.74, 6) is 0.323. The highest BCUT2D eigenvalue weighted by atomic mass is 35.5. The first-order valence-electron chi connectivity index (χ1n) is 8.59. The second-order valence-electron chi connectivity index (χ2n) is 6.25. The van der Waals surface area contributed by atoms with E-state index in [-0.39, 0.29) is 5.91 Å². The molecule has 4 rings (SSSR count). The Morgan fingerprint density at radius 3 is 2.62 bits per heavy atom.